The third kappa shape index (κ3) is 9.13. The van der Waals surface area contributed by atoms with Crippen molar-refractivity contribution in [3.63, 3.8) is 0 Å². The monoisotopic (exact) mass is 367 g/mol. The minimum Gasteiger partial charge on any atom is -0.356 e. The first-order chi connectivity index (χ1) is 10.3. The fourth-order valence-corrected chi connectivity index (χ4v) is 3.54. The molecule has 0 bridgehead atoms. The van der Waals surface area contributed by atoms with Crippen LogP contribution in [-0.4, -0.2) is 49.6 Å². The van der Waals surface area contributed by atoms with E-state index in [4.69, 9.17) is 0 Å². The Bertz CT molecular complexity index is 312. The van der Waals surface area contributed by atoms with Gasteiger partial charge < -0.3 is 15.5 Å². The van der Waals surface area contributed by atoms with Crippen LogP contribution < -0.4 is 10.6 Å². The van der Waals surface area contributed by atoms with Gasteiger partial charge in [0.25, 0.3) is 0 Å². The number of nitrogens with zero attached hydrogens (tertiary/aromatic N) is 1. The molecule has 0 aromatic carbocycles. The van der Waals surface area contributed by atoms with Gasteiger partial charge in [-0.15, -0.1) is 24.8 Å². The molecule has 4 nitrogen and oxygen atoms in total. The van der Waals surface area contributed by atoms with Crippen LogP contribution in [0.15, 0.2) is 0 Å². The molecule has 2 aliphatic heterocycles. The van der Waals surface area contributed by atoms with Crippen LogP contribution in [0.1, 0.15) is 58.3 Å². The molecule has 2 saturated heterocycles. The molecular weight excluding hydrogens is 333 g/mol. The van der Waals surface area contributed by atoms with Gasteiger partial charge in [0.15, 0.2) is 0 Å². The van der Waals surface area contributed by atoms with Crippen molar-refractivity contribution >= 4 is 30.7 Å². The summed E-state index contributed by atoms with van der Waals surface area (Å²) in [5.74, 6) is 0.963. The molecule has 0 aromatic rings. The number of rotatable bonds is 8. The van der Waals surface area contributed by atoms with Gasteiger partial charge in [-0.3, -0.25) is 4.79 Å². The summed E-state index contributed by atoms with van der Waals surface area (Å²) in [5.41, 5.74) is 0. The van der Waals surface area contributed by atoms with Gasteiger partial charge in [0, 0.05) is 19.0 Å². The van der Waals surface area contributed by atoms with Gasteiger partial charge in [-0.25, -0.2) is 0 Å². The first kappa shape index (κ1) is 23.0. The molecule has 0 aliphatic carbocycles. The Morgan fingerprint density at radius 2 is 2.04 bits per heavy atom. The zero-order valence-corrected chi connectivity index (χ0v) is 16.2. The van der Waals surface area contributed by atoms with Crippen LogP contribution in [0.3, 0.4) is 0 Å². The van der Waals surface area contributed by atoms with Crippen molar-refractivity contribution in [1.29, 1.82) is 0 Å². The van der Waals surface area contributed by atoms with Crippen molar-refractivity contribution < 1.29 is 4.79 Å². The smallest absolute Gasteiger partial charge is 0.220 e. The summed E-state index contributed by atoms with van der Waals surface area (Å²) in [5, 5.41) is 6.43. The molecule has 0 spiro atoms. The third-order valence-corrected chi connectivity index (χ3v) is 5.08. The van der Waals surface area contributed by atoms with Crippen molar-refractivity contribution in [3.8, 4) is 0 Å². The second-order valence-corrected chi connectivity index (χ2v) is 6.84. The van der Waals surface area contributed by atoms with Crippen molar-refractivity contribution in [2.24, 2.45) is 5.92 Å². The van der Waals surface area contributed by atoms with E-state index >= 15 is 0 Å². The number of unbranched alkanes of at least 4 members (excludes halogenated alkanes) is 1. The first-order valence-electron chi connectivity index (χ1n) is 8.97. The number of piperidine rings is 1. The lowest BCUT2D eigenvalue weighted by Gasteiger charge is -2.33. The summed E-state index contributed by atoms with van der Waals surface area (Å²) in [4.78, 5) is 14.4. The Morgan fingerprint density at radius 3 is 2.74 bits per heavy atom. The third-order valence-electron chi connectivity index (χ3n) is 5.08. The van der Waals surface area contributed by atoms with Crippen LogP contribution >= 0.6 is 24.8 Å². The van der Waals surface area contributed by atoms with Crippen LogP contribution in [-0.2, 0) is 4.79 Å². The summed E-state index contributed by atoms with van der Waals surface area (Å²) in [6.07, 6.45) is 9.41. The lowest BCUT2D eigenvalue weighted by atomic mass is 10.0. The largest absolute Gasteiger partial charge is 0.356 e. The molecule has 1 amide bonds. The summed E-state index contributed by atoms with van der Waals surface area (Å²) >= 11 is 0. The lowest BCUT2D eigenvalue weighted by molar-refractivity contribution is -0.121. The number of amides is 1. The molecule has 2 aliphatic rings. The maximum Gasteiger partial charge on any atom is 0.220 e. The normalized spacial score (nSPS) is 24.6. The predicted octanol–water partition coefficient (Wildman–Crippen LogP) is 2.99. The highest BCUT2D eigenvalue weighted by atomic mass is 35.5. The van der Waals surface area contributed by atoms with Gasteiger partial charge in [0.05, 0.1) is 0 Å². The van der Waals surface area contributed by atoms with Crippen molar-refractivity contribution in [2.75, 3.05) is 32.7 Å². The summed E-state index contributed by atoms with van der Waals surface area (Å²) in [7, 11) is 0. The lowest BCUT2D eigenvalue weighted by Crippen LogP contribution is -2.38. The highest BCUT2D eigenvalue weighted by Gasteiger charge is 2.17. The average molecular weight is 368 g/mol. The fraction of sp³-hybridized carbons (Fsp3) is 0.941. The minimum atomic E-state index is 0. The Hall–Kier alpha value is -0.0300. The van der Waals surface area contributed by atoms with E-state index in [1.165, 1.54) is 45.2 Å². The number of likely N-dealkylation sites (tertiary alicyclic amines) is 1. The quantitative estimate of drug-likeness (QED) is 0.648. The molecule has 0 aromatic heterocycles. The van der Waals surface area contributed by atoms with E-state index in [1.54, 1.807) is 0 Å². The molecule has 2 unspecified atom stereocenters. The Kier molecular flexibility index (Phi) is 13.3. The number of halogens is 2. The second kappa shape index (κ2) is 13.3. The number of carbonyl (C=O) groups is 1. The van der Waals surface area contributed by atoms with Gasteiger partial charge in [0.1, 0.15) is 0 Å². The topological polar surface area (TPSA) is 44.4 Å². The molecule has 2 atom stereocenters. The number of hydrogen-bond donors (Lipinski definition) is 2. The van der Waals surface area contributed by atoms with Crippen molar-refractivity contribution in [2.45, 2.75) is 64.3 Å². The molecule has 0 radical (unpaired) electrons. The minimum absolute atomic E-state index is 0. The van der Waals surface area contributed by atoms with Crippen LogP contribution in [0.25, 0.3) is 0 Å². The Morgan fingerprint density at radius 1 is 1.22 bits per heavy atom. The second-order valence-electron chi connectivity index (χ2n) is 6.84. The van der Waals surface area contributed by atoms with Crippen LogP contribution in [0.5, 0.6) is 0 Å². The Balaban J connectivity index is 0.00000242. The summed E-state index contributed by atoms with van der Waals surface area (Å²) < 4.78 is 0. The molecule has 138 valence electrons. The summed E-state index contributed by atoms with van der Waals surface area (Å²) in [6, 6.07) is 0.758. The molecule has 2 heterocycles. The van der Waals surface area contributed by atoms with E-state index in [1.807, 2.05) is 0 Å². The van der Waals surface area contributed by atoms with Gasteiger partial charge in [-0.1, -0.05) is 6.42 Å². The SMILES string of the molecule is CC1CCCCN1CCCCNC(=O)CCC1CCNC1.Cl.Cl. The van der Waals surface area contributed by atoms with Crippen LogP contribution in [0, 0.1) is 5.92 Å². The van der Waals surface area contributed by atoms with E-state index < -0.39 is 0 Å². The zero-order valence-electron chi connectivity index (χ0n) is 14.5. The van der Waals surface area contributed by atoms with Crippen molar-refractivity contribution in [1.82, 2.24) is 15.5 Å². The molecule has 0 saturated carbocycles. The zero-order chi connectivity index (χ0) is 14.9. The number of nitrogens with one attached hydrogen (secondary N) is 2. The maximum absolute atomic E-state index is 11.8. The summed E-state index contributed by atoms with van der Waals surface area (Å²) in [6.45, 7) is 7.89. The Labute approximate surface area is 154 Å². The van der Waals surface area contributed by atoms with E-state index in [9.17, 15) is 4.79 Å². The highest BCUT2D eigenvalue weighted by molar-refractivity contribution is 5.85. The van der Waals surface area contributed by atoms with Gasteiger partial charge in [0.2, 0.25) is 5.91 Å². The molecule has 2 fully saturated rings. The average Bonchev–Trinajstić information content (AvgIpc) is 3.00. The van der Waals surface area contributed by atoms with Crippen LogP contribution in [0.2, 0.25) is 0 Å². The molecule has 23 heavy (non-hydrogen) atoms. The first-order valence-corrected chi connectivity index (χ1v) is 8.97. The van der Waals surface area contributed by atoms with Crippen molar-refractivity contribution in [3.05, 3.63) is 0 Å². The van der Waals surface area contributed by atoms with E-state index in [0.717, 1.165) is 44.4 Å². The molecular formula is C17H35Cl2N3O. The highest BCUT2D eigenvalue weighted by Crippen LogP contribution is 2.16. The number of hydrogen-bond acceptors (Lipinski definition) is 3. The van der Waals surface area contributed by atoms with Gasteiger partial charge >= 0.3 is 0 Å². The standard InChI is InChI=1S/C17H33N3O.2ClH/c1-15-6-2-4-12-20(15)13-5-3-10-19-17(21)8-7-16-9-11-18-14-16;;/h15-16,18H,2-14H2,1H3,(H,19,21);2*1H. The molecule has 6 heteroatoms. The van der Waals surface area contributed by atoms with Crippen LogP contribution in [0.4, 0.5) is 0 Å². The van der Waals surface area contributed by atoms with E-state index in [-0.39, 0.29) is 30.7 Å². The predicted molar refractivity (Wildman–Crippen MR) is 102 cm³/mol. The molecule has 2 N–H and O–H groups in total. The van der Waals surface area contributed by atoms with E-state index in [2.05, 4.69) is 22.5 Å². The number of carbonyl (C=O) groups excluding carboxylic acids is 1. The molecule has 2 rings (SSSR count). The van der Waals surface area contributed by atoms with Gasteiger partial charge in [-0.05, 0) is 77.5 Å². The fourth-order valence-electron chi connectivity index (χ4n) is 3.54. The van der Waals surface area contributed by atoms with E-state index in [0.29, 0.717) is 6.42 Å². The van der Waals surface area contributed by atoms with Gasteiger partial charge in [-0.2, -0.15) is 0 Å². The maximum atomic E-state index is 11.8.